The van der Waals surface area contributed by atoms with Gasteiger partial charge in [-0.25, -0.2) is 4.79 Å². The van der Waals surface area contributed by atoms with E-state index in [4.69, 9.17) is 30.2 Å². The van der Waals surface area contributed by atoms with Crippen LogP contribution >= 0.6 is 11.6 Å². The number of benzene rings is 4. The van der Waals surface area contributed by atoms with Crippen molar-refractivity contribution in [2.45, 2.75) is 19.2 Å². The predicted molar refractivity (Wildman–Crippen MR) is 139 cm³/mol. The summed E-state index contributed by atoms with van der Waals surface area (Å²) in [6, 6.07) is 21.6. The molecule has 0 aliphatic carbocycles. The lowest BCUT2D eigenvalue weighted by atomic mass is 10.1. The van der Waals surface area contributed by atoms with Crippen molar-refractivity contribution in [3.05, 3.63) is 106 Å². The van der Waals surface area contributed by atoms with Crippen molar-refractivity contribution in [2.75, 3.05) is 0 Å². The molecule has 4 aromatic carbocycles. The Bertz CT molecular complexity index is 1750. The van der Waals surface area contributed by atoms with E-state index in [1.165, 1.54) is 31.2 Å². The third-order valence-electron chi connectivity index (χ3n) is 5.70. The van der Waals surface area contributed by atoms with E-state index in [2.05, 4.69) is 0 Å². The lowest BCUT2D eigenvalue weighted by Gasteiger charge is -2.15. The Labute approximate surface area is 224 Å². The second-order valence-electron chi connectivity index (χ2n) is 8.49. The van der Waals surface area contributed by atoms with Crippen LogP contribution in [0.3, 0.4) is 0 Å². The molecule has 1 atom stereocenters. The summed E-state index contributed by atoms with van der Waals surface area (Å²) in [7, 11) is 0. The van der Waals surface area contributed by atoms with Crippen LogP contribution in [0.4, 0.5) is 13.2 Å². The first-order chi connectivity index (χ1) is 18.6. The number of fused-ring (bicyclic) bond motifs is 2. The topological polar surface area (TPSA) is 75.0 Å². The van der Waals surface area contributed by atoms with Gasteiger partial charge in [-0.15, -0.1) is 0 Å². The summed E-state index contributed by atoms with van der Waals surface area (Å²) in [6.07, 6.45) is -6.11. The maximum absolute atomic E-state index is 13.9. The van der Waals surface area contributed by atoms with Gasteiger partial charge in [0.25, 0.3) is 5.76 Å². The Morgan fingerprint density at radius 2 is 1.54 bits per heavy atom. The van der Waals surface area contributed by atoms with Gasteiger partial charge in [-0.2, -0.15) is 13.2 Å². The van der Waals surface area contributed by atoms with Gasteiger partial charge in [-0.3, -0.25) is 4.79 Å². The van der Waals surface area contributed by atoms with Crippen molar-refractivity contribution in [1.82, 2.24) is 0 Å². The van der Waals surface area contributed by atoms with Gasteiger partial charge in [0, 0.05) is 11.1 Å². The van der Waals surface area contributed by atoms with Crippen LogP contribution in [0.1, 0.15) is 12.7 Å². The van der Waals surface area contributed by atoms with Gasteiger partial charge in [-0.1, -0.05) is 41.9 Å². The Morgan fingerprint density at radius 1 is 0.872 bits per heavy atom. The van der Waals surface area contributed by atoms with E-state index in [1.807, 2.05) is 12.1 Å². The monoisotopic (exact) mass is 554 g/mol. The molecule has 6 nitrogen and oxygen atoms in total. The molecule has 0 aliphatic rings. The second-order valence-corrected chi connectivity index (χ2v) is 8.93. The van der Waals surface area contributed by atoms with Crippen molar-refractivity contribution in [2.24, 2.45) is 0 Å². The molecule has 10 heteroatoms. The van der Waals surface area contributed by atoms with Crippen LogP contribution in [-0.2, 0) is 11.0 Å². The molecular formula is C29H18ClF3O6. The van der Waals surface area contributed by atoms with Gasteiger partial charge in [0.05, 0.1) is 5.39 Å². The van der Waals surface area contributed by atoms with E-state index >= 15 is 0 Å². The summed E-state index contributed by atoms with van der Waals surface area (Å²) in [4.78, 5) is 25.6. The lowest BCUT2D eigenvalue weighted by Crippen LogP contribution is -2.28. The van der Waals surface area contributed by atoms with Crippen LogP contribution in [0.2, 0.25) is 5.02 Å². The first-order valence-electron chi connectivity index (χ1n) is 11.6. The molecule has 0 amide bonds. The number of halogens is 4. The number of hydrogen-bond donors (Lipinski definition) is 0. The van der Waals surface area contributed by atoms with Crippen LogP contribution in [0.25, 0.3) is 21.7 Å². The summed E-state index contributed by atoms with van der Waals surface area (Å²) in [5, 5.41) is 1.86. The Kier molecular flexibility index (Phi) is 6.93. The number of esters is 1. The fraction of sp³-hybridized carbons (Fsp3) is 0.103. The molecule has 5 aromatic rings. The van der Waals surface area contributed by atoms with Crippen LogP contribution < -0.4 is 19.6 Å². The van der Waals surface area contributed by atoms with Crippen molar-refractivity contribution in [1.29, 1.82) is 0 Å². The maximum Gasteiger partial charge on any atom is 0.453 e. The molecule has 198 valence electrons. The quantitative estimate of drug-likeness (QED) is 0.158. The first kappa shape index (κ1) is 26.1. The minimum absolute atomic E-state index is 0.0334. The first-order valence-corrected chi connectivity index (χ1v) is 11.9. The summed E-state index contributed by atoms with van der Waals surface area (Å²) in [5.41, 5.74) is -1.47. The van der Waals surface area contributed by atoms with Crippen molar-refractivity contribution in [3.8, 4) is 23.0 Å². The molecule has 1 heterocycles. The van der Waals surface area contributed by atoms with E-state index in [9.17, 15) is 22.8 Å². The number of ether oxygens (including phenoxy) is 3. The minimum Gasteiger partial charge on any atom is -0.479 e. The van der Waals surface area contributed by atoms with E-state index in [0.717, 1.165) is 16.8 Å². The SMILES string of the molecule is CC(Oc1ccc(Cl)cc1)C(=O)Oc1ccc2c(=O)c(Oc3ccc4ccccc4c3)c(C(F)(F)F)oc2c1. The largest absolute Gasteiger partial charge is 0.479 e. The molecule has 5 rings (SSSR count). The molecule has 39 heavy (non-hydrogen) atoms. The van der Waals surface area contributed by atoms with Crippen LogP contribution in [0.15, 0.2) is 94.1 Å². The predicted octanol–water partition coefficient (Wildman–Crippen LogP) is 7.78. The fourth-order valence-electron chi connectivity index (χ4n) is 3.81. The second kappa shape index (κ2) is 10.3. The molecule has 0 aliphatic heterocycles. The molecule has 0 saturated heterocycles. The van der Waals surface area contributed by atoms with Crippen LogP contribution in [0, 0.1) is 0 Å². The Hall–Kier alpha value is -4.50. The highest BCUT2D eigenvalue weighted by Crippen LogP contribution is 2.39. The van der Waals surface area contributed by atoms with Gasteiger partial charge in [0.15, 0.2) is 6.10 Å². The van der Waals surface area contributed by atoms with Gasteiger partial charge in [0.2, 0.25) is 11.2 Å². The Morgan fingerprint density at radius 3 is 2.26 bits per heavy atom. The highest BCUT2D eigenvalue weighted by molar-refractivity contribution is 6.30. The van der Waals surface area contributed by atoms with Crippen molar-refractivity contribution >= 4 is 39.3 Å². The zero-order chi connectivity index (χ0) is 27.7. The highest BCUT2D eigenvalue weighted by atomic mass is 35.5. The number of rotatable bonds is 6. The molecule has 0 fully saturated rings. The molecule has 0 bridgehead atoms. The van der Waals surface area contributed by atoms with Crippen molar-refractivity contribution in [3.63, 3.8) is 0 Å². The number of hydrogen-bond acceptors (Lipinski definition) is 6. The molecule has 1 unspecified atom stereocenters. The van der Waals surface area contributed by atoms with Gasteiger partial charge < -0.3 is 18.6 Å². The normalized spacial score (nSPS) is 12.3. The zero-order valence-corrected chi connectivity index (χ0v) is 20.9. The number of carbonyl (C=O) groups is 1. The third kappa shape index (κ3) is 5.68. The van der Waals surface area contributed by atoms with E-state index in [-0.39, 0.29) is 16.9 Å². The van der Waals surface area contributed by atoms with Gasteiger partial charge >= 0.3 is 12.1 Å². The molecular weight excluding hydrogens is 537 g/mol. The Balaban J connectivity index is 1.45. The number of alkyl halides is 3. The summed E-state index contributed by atoms with van der Waals surface area (Å²) >= 11 is 5.83. The summed E-state index contributed by atoms with van der Waals surface area (Å²) < 4.78 is 63.1. The highest BCUT2D eigenvalue weighted by Gasteiger charge is 2.40. The standard InChI is InChI=1S/C29H18ClF3O6/c1-16(36-20-10-7-19(30)8-11-20)28(35)38-22-12-13-23-24(15-22)39-27(29(31,32)33)26(25(23)34)37-21-9-6-17-4-2-3-5-18(17)14-21/h2-16H,1H3. The fourth-order valence-corrected chi connectivity index (χ4v) is 3.94. The van der Waals surface area contributed by atoms with Crippen LogP contribution in [-0.4, -0.2) is 12.1 Å². The smallest absolute Gasteiger partial charge is 0.453 e. The zero-order valence-electron chi connectivity index (χ0n) is 20.1. The average molecular weight is 555 g/mol. The molecule has 0 N–H and O–H groups in total. The molecule has 0 radical (unpaired) electrons. The van der Waals surface area contributed by atoms with E-state index < -0.39 is 40.8 Å². The summed E-state index contributed by atoms with van der Waals surface area (Å²) in [5.74, 6) is -3.18. The van der Waals surface area contributed by atoms with Crippen molar-refractivity contribution < 1.29 is 36.6 Å². The van der Waals surface area contributed by atoms with Gasteiger partial charge in [0.1, 0.15) is 22.8 Å². The minimum atomic E-state index is -5.05. The maximum atomic E-state index is 13.9. The average Bonchev–Trinajstić information content (AvgIpc) is 2.90. The van der Waals surface area contributed by atoms with E-state index in [1.54, 1.807) is 42.5 Å². The molecule has 1 aromatic heterocycles. The lowest BCUT2D eigenvalue weighted by molar-refractivity contribution is -0.154. The third-order valence-corrected chi connectivity index (χ3v) is 5.95. The molecule has 0 spiro atoms. The number of carbonyl (C=O) groups excluding carboxylic acids is 1. The molecule has 0 saturated carbocycles. The summed E-state index contributed by atoms with van der Waals surface area (Å²) in [6.45, 7) is 1.44. The van der Waals surface area contributed by atoms with Gasteiger partial charge in [-0.05, 0) is 66.2 Å². The van der Waals surface area contributed by atoms with Crippen LogP contribution in [0.5, 0.6) is 23.0 Å². The van der Waals surface area contributed by atoms with E-state index in [0.29, 0.717) is 10.8 Å².